The molecule has 1 aromatic carbocycles. The molecule has 1 saturated heterocycles. The first-order chi connectivity index (χ1) is 12.1. The first kappa shape index (κ1) is 20.7. The Bertz CT molecular complexity index is 813. The number of carbonyl (C=O) groups is 1. The van der Waals surface area contributed by atoms with E-state index in [2.05, 4.69) is 16.9 Å². The van der Waals surface area contributed by atoms with E-state index in [1.807, 2.05) is 23.1 Å². The fraction of sp³-hybridized carbons (Fsp3) is 0.500. The van der Waals surface area contributed by atoms with Crippen molar-refractivity contribution in [3.63, 3.8) is 0 Å². The molecule has 8 heteroatoms. The highest BCUT2D eigenvalue weighted by molar-refractivity contribution is 7.98. The van der Waals surface area contributed by atoms with E-state index in [1.165, 1.54) is 0 Å². The highest BCUT2D eigenvalue weighted by Crippen LogP contribution is 2.23. The largest absolute Gasteiger partial charge is 0.340 e. The minimum absolute atomic E-state index is 0. The number of benzene rings is 1. The summed E-state index contributed by atoms with van der Waals surface area (Å²) >= 11 is 1.61. The molecule has 0 saturated carbocycles. The number of para-hydroxylation sites is 1. The quantitative estimate of drug-likeness (QED) is 0.730. The summed E-state index contributed by atoms with van der Waals surface area (Å²) in [5.41, 5.74) is 6.31. The standard InChI is InChI=1S/C18H24N4O2S.ClH/c1-12-8-13(9-19)10-22(12)17(23)6-7-25-11-16-20-15-5-3-2-4-14(15)18(24)21-16;/h2-5,12-13H,6-11,19H2,1H3,(H,20,21,24);1H. The molecule has 1 aromatic heterocycles. The number of nitrogens with one attached hydrogen (secondary N) is 1. The maximum Gasteiger partial charge on any atom is 0.258 e. The first-order valence-corrected chi connectivity index (χ1v) is 9.79. The normalized spacial score (nSPS) is 19.5. The molecule has 2 atom stereocenters. The van der Waals surface area contributed by atoms with Gasteiger partial charge in [-0.15, -0.1) is 12.4 Å². The van der Waals surface area contributed by atoms with Crippen LogP contribution in [-0.2, 0) is 10.5 Å². The second-order valence-electron chi connectivity index (χ2n) is 6.56. The Balaban J connectivity index is 0.00000243. The SMILES string of the molecule is CC1CC(CN)CN1C(=O)CCSCc1nc2ccccc2c(=O)[nH]1.Cl. The van der Waals surface area contributed by atoms with Gasteiger partial charge < -0.3 is 15.6 Å². The Morgan fingerprint density at radius 2 is 2.19 bits per heavy atom. The lowest BCUT2D eigenvalue weighted by Crippen LogP contribution is -2.34. The molecule has 0 spiro atoms. The average molecular weight is 397 g/mol. The zero-order chi connectivity index (χ0) is 17.8. The van der Waals surface area contributed by atoms with Crippen LogP contribution in [0.3, 0.4) is 0 Å². The number of likely N-dealkylation sites (tertiary alicyclic amines) is 1. The third-order valence-electron chi connectivity index (χ3n) is 4.68. The molecule has 3 rings (SSSR count). The number of amides is 1. The van der Waals surface area contributed by atoms with E-state index < -0.39 is 0 Å². The van der Waals surface area contributed by atoms with Crippen molar-refractivity contribution in [3.8, 4) is 0 Å². The predicted octanol–water partition coefficient (Wildman–Crippen LogP) is 2.16. The summed E-state index contributed by atoms with van der Waals surface area (Å²) in [6.07, 6.45) is 1.50. The molecule has 6 nitrogen and oxygen atoms in total. The minimum atomic E-state index is -0.115. The van der Waals surface area contributed by atoms with E-state index in [4.69, 9.17) is 5.73 Å². The van der Waals surface area contributed by atoms with Gasteiger partial charge in [0.15, 0.2) is 0 Å². The summed E-state index contributed by atoms with van der Waals surface area (Å²) in [4.78, 5) is 33.6. The van der Waals surface area contributed by atoms with Crippen LogP contribution in [0.15, 0.2) is 29.1 Å². The second kappa shape index (κ2) is 9.39. The van der Waals surface area contributed by atoms with Crippen LogP contribution in [0.5, 0.6) is 0 Å². The Hall–Kier alpha value is -1.57. The van der Waals surface area contributed by atoms with Crippen LogP contribution < -0.4 is 11.3 Å². The van der Waals surface area contributed by atoms with E-state index in [1.54, 1.807) is 17.8 Å². The summed E-state index contributed by atoms with van der Waals surface area (Å²) in [5, 5.41) is 0.601. The number of aromatic nitrogens is 2. The fourth-order valence-corrected chi connectivity index (χ4v) is 4.13. The number of halogens is 1. The van der Waals surface area contributed by atoms with Gasteiger partial charge in [-0.3, -0.25) is 9.59 Å². The number of H-pyrrole nitrogens is 1. The van der Waals surface area contributed by atoms with Gasteiger partial charge in [0.25, 0.3) is 5.56 Å². The fourth-order valence-electron chi connectivity index (χ4n) is 3.34. The molecule has 1 aliphatic heterocycles. The predicted molar refractivity (Wildman–Crippen MR) is 109 cm³/mol. The molecule has 3 N–H and O–H groups in total. The van der Waals surface area contributed by atoms with E-state index in [-0.39, 0.29) is 29.9 Å². The highest BCUT2D eigenvalue weighted by atomic mass is 35.5. The summed E-state index contributed by atoms with van der Waals surface area (Å²) in [6.45, 7) is 3.51. The number of aromatic amines is 1. The van der Waals surface area contributed by atoms with Crippen LogP contribution in [0.4, 0.5) is 0 Å². The summed E-state index contributed by atoms with van der Waals surface area (Å²) in [7, 11) is 0. The van der Waals surface area contributed by atoms with E-state index in [0.29, 0.717) is 47.1 Å². The number of nitrogens with zero attached hydrogens (tertiary/aromatic N) is 2. The van der Waals surface area contributed by atoms with Gasteiger partial charge in [-0.25, -0.2) is 4.98 Å². The van der Waals surface area contributed by atoms with Gasteiger partial charge in [-0.2, -0.15) is 11.8 Å². The van der Waals surface area contributed by atoms with Crippen molar-refractivity contribution < 1.29 is 4.79 Å². The van der Waals surface area contributed by atoms with Crippen molar-refractivity contribution in [1.29, 1.82) is 0 Å². The number of carbonyl (C=O) groups excluding carboxylic acids is 1. The van der Waals surface area contributed by atoms with Crippen LogP contribution in [-0.4, -0.2) is 45.7 Å². The summed E-state index contributed by atoms with van der Waals surface area (Å²) < 4.78 is 0. The van der Waals surface area contributed by atoms with Crippen molar-refractivity contribution in [2.45, 2.75) is 31.6 Å². The van der Waals surface area contributed by atoms with E-state index >= 15 is 0 Å². The molecule has 0 bridgehead atoms. The molecule has 1 amide bonds. The van der Waals surface area contributed by atoms with Crippen molar-refractivity contribution in [1.82, 2.24) is 14.9 Å². The average Bonchev–Trinajstić information content (AvgIpc) is 3.00. The molecule has 1 fully saturated rings. The van der Waals surface area contributed by atoms with Gasteiger partial charge in [0.2, 0.25) is 5.91 Å². The number of nitrogens with two attached hydrogens (primary N) is 1. The van der Waals surface area contributed by atoms with Gasteiger partial charge in [0.05, 0.1) is 16.7 Å². The van der Waals surface area contributed by atoms with Crippen LogP contribution in [0.25, 0.3) is 10.9 Å². The maximum absolute atomic E-state index is 12.4. The number of thioether (sulfide) groups is 1. The van der Waals surface area contributed by atoms with Gasteiger partial charge in [0, 0.05) is 24.8 Å². The summed E-state index contributed by atoms with van der Waals surface area (Å²) in [5.74, 6) is 2.58. The van der Waals surface area contributed by atoms with Gasteiger partial charge in [-0.05, 0) is 37.9 Å². The molecule has 2 heterocycles. The van der Waals surface area contributed by atoms with Crippen LogP contribution in [0.2, 0.25) is 0 Å². The van der Waals surface area contributed by atoms with Gasteiger partial charge >= 0.3 is 0 Å². The third-order valence-corrected chi connectivity index (χ3v) is 5.65. The van der Waals surface area contributed by atoms with Crippen molar-refractivity contribution in [2.24, 2.45) is 11.7 Å². The van der Waals surface area contributed by atoms with Crippen molar-refractivity contribution >= 4 is 41.0 Å². The topological polar surface area (TPSA) is 92.1 Å². The molecule has 1 aliphatic rings. The Labute approximate surface area is 163 Å². The molecule has 0 aliphatic carbocycles. The number of fused-ring (bicyclic) bond motifs is 1. The van der Waals surface area contributed by atoms with Crippen molar-refractivity contribution in [3.05, 3.63) is 40.4 Å². The number of rotatable bonds is 6. The minimum Gasteiger partial charge on any atom is -0.340 e. The maximum atomic E-state index is 12.4. The van der Waals surface area contributed by atoms with Crippen LogP contribution in [0.1, 0.15) is 25.6 Å². The monoisotopic (exact) mass is 396 g/mol. The smallest absolute Gasteiger partial charge is 0.258 e. The van der Waals surface area contributed by atoms with Crippen molar-refractivity contribution in [2.75, 3.05) is 18.8 Å². The van der Waals surface area contributed by atoms with Crippen LogP contribution in [0, 0.1) is 5.92 Å². The van der Waals surface area contributed by atoms with Gasteiger partial charge in [0.1, 0.15) is 5.82 Å². The molecule has 2 unspecified atom stereocenters. The molecular weight excluding hydrogens is 372 g/mol. The lowest BCUT2D eigenvalue weighted by atomic mass is 10.1. The lowest BCUT2D eigenvalue weighted by molar-refractivity contribution is -0.131. The zero-order valence-electron chi connectivity index (χ0n) is 14.8. The number of hydrogen-bond donors (Lipinski definition) is 2. The molecule has 0 radical (unpaired) electrons. The number of hydrogen-bond acceptors (Lipinski definition) is 5. The van der Waals surface area contributed by atoms with Gasteiger partial charge in [-0.1, -0.05) is 12.1 Å². The third kappa shape index (κ3) is 4.78. The Morgan fingerprint density at radius 3 is 2.92 bits per heavy atom. The highest BCUT2D eigenvalue weighted by Gasteiger charge is 2.30. The summed E-state index contributed by atoms with van der Waals surface area (Å²) in [6, 6.07) is 7.59. The lowest BCUT2D eigenvalue weighted by Gasteiger charge is -2.21. The van der Waals surface area contributed by atoms with E-state index in [0.717, 1.165) is 13.0 Å². The van der Waals surface area contributed by atoms with Crippen LogP contribution >= 0.6 is 24.2 Å². The second-order valence-corrected chi connectivity index (χ2v) is 7.67. The Kier molecular flexibility index (Phi) is 7.49. The zero-order valence-corrected chi connectivity index (χ0v) is 16.4. The van der Waals surface area contributed by atoms with E-state index in [9.17, 15) is 9.59 Å². The molecular formula is C18H25ClN4O2S. The first-order valence-electron chi connectivity index (χ1n) is 8.63. The molecule has 142 valence electrons. The Morgan fingerprint density at radius 1 is 1.42 bits per heavy atom. The molecule has 2 aromatic rings. The molecule has 26 heavy (non-hydrogen) atoms.